The number of methoxy groups -OCH3 is 1. The molecule has 2 aromatic heterocycles. The van der Waals surface area contributed by atoms with E-state index in [1.165, 1.54) is 21.9 Å². The Bertz CT molecular complexity index is 2130. The predicted octanol–water partition coefficient (Wildman–Crippen LogP) is 10.5. The van der Waals surface area contributed by atoms with Crippen LogP contribution in [-0.4, -0.2) is 16.7 Å². The van der Waals surface area contributed by atoms with E-state index in [-0.39, 0.29) is 5.41 Å². The van der Waals surface area contributed by atoms with E-state index in [9.17, 15) is 0 Å². The maximum absolute atomic E-state index is 5.72. The Morgan fingerprint density at radius 1 is 0.556 bits per heavy atom. The van der Waals surface area contributed by atoms with Crippen LogP contribution in [0, 0.1) is 0 Å². The van der Waals surface area contributed by atoms with E-state index in [0.29, 0.717) is 0 Å². The minimum atomic E-state index is 0.00412. The van der Waals surface area contributed by atoms with Crippen molar-refractivity contribution in [3.05, 3.63) is 174 Å². The topological polar surface area (TPSA) is 27.1 Å². The summed E-state index contributed by atoms with van der Waals surface area (Å²) in [6.45, 7) is 6.74. The molecular formula is C42H36N2O. The van der Waals surface area contributed by atoms with E-state index >= 15 is 0 Å². The van der Waals surface area contributed by atoms with Crippen LogP contribution in [0.1, 0.15) is 48.6 Å². The van der Waals surface area contributed by atoms with Gasteiger partial charge in [0, 0.05) is 17.0 Å². The Hall–Kier alpha value is -5.41. The Labute approximate surface area is 265 Å². The van der Waals surface area contributed by atoms with Crippen LogP contribution < -0.4 is 4.74 Å². The van der Waals surface area contributed by atoms with Crippen LogP contribution in [0.25, 0.3) is 38.8 Å². The molecule has 7 aromatic rings. The van der Waals surface area contributed by atoms with Crippen molar-refractivity contribution in [2.24, 2.45) is 0 Å². The maximum atomic E-state index is 5.72. The summed E-state index contributed by atoms with van der Waals surface area (Å²) in [6.07, 6.45) is 1.94. The second kappa shape index (κ2) is 11.6. The Kier molecular flexibility index (Phi) is 7.31. The molecule has 0 bridgehead atoms. The smallest absolute Gasteiger partial charge is 0.137 e. The maximum Gasteiger partial charge on any atom is 0.137 e. The van der Waals surface area contributed by atoms with Crippen molar-refractivity contribution in [2.45, 2.75) is 26.2 Å². The molecule has 0 aliphatic carbocycles. The molecule has 0 atom stereocenters. The van der Waals surface area contributed by atoms with Gasteiger partial charge in [-0.1, -0.05) is 124 Å². The Morgan fingerprint density at radius 2 is 1.16 bits per heavy atom. The summed E-state index contributed by atoms with van der Waals surface area (Å²) in [5.41, 5.74) is 10.3. The van der Waals surface area contributed by atoms with Gasteiger partial charge in [0.25, 0.3) is 0 Å². The van der Waals surface area contributed by atoms with Gasteiger partial charge in [0.15, 0.2) is 0 Å². The van der Waals surface area contributed by atoms with Crippen molar-refractivity contribution in [1.29, 1.82) is 0 Å². The van der Waals surface area contributed by atoms with Gasteiger partial charge in [0.2, 0.25) is 0 Å². The minimum absolute atomic E-state index is 0.00412. The fourth-order valence-electron chi connectivity index (χ4n) is 6.28. The largest absolute Gasteiger partial charge is 0.497 e. The summed E-state index contributed by atoms with van der Waals surface area (Å²) in [7, 11) is 1.72. The molecule has 220 valence electrons. The summed E-state index contributed by atoms with van der Waals surface area (Å²) in [4.78, 5) is 4.92. The number of para-hydroxylation sites is 1. The summed E-state index contributed by atoms with van der Waals surface area (Å²) in [5, 5.41) is 2.41. The molecule has 7 rings (SSSR count). The molecule has 0 saturated heterocycles. The number of rotatable bonds is 6. The molecule has 0 N–H and O–H groups in total. The number of benzene rings is 5. The predicted molar refractivity (Wildman–Crippen MR) is 188 cm³/mol. The molecule has 0 fully saturated rings. The van der Waals surface area contributed by atoms with Crippen molar-refractivity contribution >= 4 is 33.0 Å². The molecule has 0 radical (unpaired) electrons. The van der Waals surface area contributed by atoms with Crippen LogP contribution in [0.4, 0.5) is 0 Å². The van der Waals surface area contributed by atoms with Crippen LogP contribution >= 0.6 is 0 Å². The monoisotopic (exact) mass is 584 g/mol. The van der Waals surface area contributed by atoms with E-state index in [1.54, 1.807) is 7.11 Å². The molecule has 0 aliphatic rings. The zero-order chi connectivity index (χ0) is 31.0. The number of fused-ring (bicyclic) bond motifs is 3. The van der Waals surface area contributed by atoms with E-state index in [1.807, 2.05) is 12.3 Å². The average molecular weight is 585 g/mol. The van der Waals surface area contributed by atoms with Gasteiger partial charge in [-0.25, -0.2) is 4.98 Å². The van der Waals surface area contributed by atoms with Crippen molar-refractivity contribution in [1.82, 2.24) is 9.55 Å². The molecule has 3 heteroatoms. The van der Waals surface area contributed by atoms with E-state index in [0.717, 1.165) is 50.4 Å². The lowest BCUT2D eigenvalue weighted by Crippen LogP contribution is -2.12. The van der Waals surface area contributed by atoms with E-state index in [4.69, 9.17) is 9.72 Å². The van der Waals surface area contributed by atoms with Crippen molar-refractivity contribution < 1.29 is 4.74 Å². The van der Waals surface area contributed by atoms with Crippen LogP contribution in [-0.2, 0) is 5.41 Å². The van der Waals surface area contributed by atoms with Gasteiger partial charge in [-0.3, -0.25) is 4.57 Å². The average Bonchev–Trinajstić information content (AvgIpc) is 3.41. The van der Waals surface area contributed by atoms with Crippen molar-refractivity contribution in [2.75, 3.05) is 7.11 Å². The fraction of sp³-hybridized carbons (Fsp3) is 0.119. The number of ether oxygens (including phenoxy) is 1. The third-order valence-corrected chi connectivity index (χ3v) is 8.54. The summed E-state index contributed by atoms with van der Waals surface area (Å²) >= 11 is 0. The number of aromatic nitrogens is 2. The summed E-state index contributed by atoms with van der Waals surface area (Å²) in [6, 6.07) is 49.6. The van der Waals surface area contributed by atoms with Gasteiger partial charge in [-0.2, -0.15) is 0 Å². The first kappa shape index (κ1) is 28.4. The van der Waals surface area contributed by atoms with Gasteiger partial charge in [0.05, 0.1) is 18.1 Å². The summed E-state index contributed by atoms with van der Waals surface area (Å²) in [5.74, 6) is 1.74. The molecule has 3 nitrogen and oxygen atoms in total. The van der Waals surface area contributed by atoms with E-state index in [2.05, 4.69) is 159 Å². The minimum Gasteiger partial charge on any atom is -0.497 e. The third kappa shape index (κ3) is 5.32. The highest BCUT2D eigenvalue weighted by Gasteiger charge is 2.21. The summed E-state index contributed by atoms with van der Waals surface area (Å²) < 4.78 is 8.04. The van der Waals surface area contributed by atoms with Crippen molar-refractivity contribution in [3.63, 3.8) is 0 Å². The number of hydrogen-bond acceptors (Lipinski definition) is 2. The van der Waals surface area contributed by atoms with Crippen LogP contribution in [0.3, 0.4) is 0 Å². The first-order valence-corrected chi connectivity index (χ1v) is 15.4. The zero-order valence-electron chi connectivity index (χ0n) is 26.2. The molecule has 0 spiro atoms. The molecule has 45 heavy (non-hydrogen) atoms. The number of hydrogen-bond donors (Lipinski definition) is 0. The quantitative estimate of drug-likeness (QED) is 0.182. The highest BCUT2D eigenvalue weighted by Crippen LogP contribution is 2.40. The van der Waals surface area contributed by atoms with Gasteiger partial charge in [-0.15, -0.1) is 0 Å². The molecule has 5 aromatic carbocycles. The van der Waals surface area contributed by atoms with Gasteiger partial charge in [0.1, 0.15) is 11.6 Å². The first-order valence-electron chi connectivity index (χ1n) is 15.4. The lowest BCUT2D eigenvalue weighted by atomic mass is 9.85. The molecule has 0 amide bonds. The Morgan fingerprint density at radius 3 is 1.84 bits per heavy atom. The standard InChI is InChI=1S/C42H36N2O/c1-42(2,3)33-24-25-43-39(28-33)44-37-21-12-11-20-35(37)36-23-22-32(27-38(36)44)41(31-18-13-19-34(26-31)45-4)40(29-14-7-5-8-15-29)30-16-9-6-10-17-30/h5-28H,1-4H3. The number of pyridine rings is 1. The van der Waals surface area contributed by atoms with Crippen LogP contribution in [0.15, 0.2) is 146 Å². The third-order valence-electron chi connectivity index (χ3n) is 8.54. The fourth-order valence-corrected chi connectivity index (χ4v) is 6.28. The molecule has 0 unspecified atom stereocenters. The van der Waals surface area contributed by atoms with Gasteiger partial charge in [-0.05, 0) is 80.8 Å². The molecule has 0 aliphatic heterocycles. The SMILES string of the molecule is COc1cccc(C(=C(c2ccccc2)c2ccccc2)c2ccc3c4ccccc4n(-c4cc(C(C)(C)C)ccn4)c3c2)c1. The highest BCUT2D eigenvalue weighted by molar-refractivity contribution is 6.12. The normalized spacial score (nSPS) is 11.6. The number of nitrogens with zero attached hydrogens (tertiary/aromatic N) is 2. The molecular weight excluding hydrogens is 548 g/mol. The second-order valence-corrected chi connectivity index (χ2v) is 12.5. The zero-order valence-corrected chi connectivity index (χ0v) is 26.2. The van der Waals surface area contributed by atoms with Crippen LogP contribution in [0.2, 0.25) is 0 Å². The van der Waals surface area contributed by atoms with Crippen LogP contribution in [0.5, 0.6) is 5.75 Å². The van der Waals surface area contributed by atoms with Gasteiger partial charge < -0.3 is 4.74 Å². The van der Waals surface area contributed by atoms with Crippen molar-refractivity contribution in [3.8, 4) is 11.6 Å². The lowest BCUT2D eigenvalue weighted by molar-refractivity contribution is 0.414. The lowest BCUT2D eigenvalue weighted by Gasteiger charge is -2.20. The van der Waals surface area contributed by atoms with E-state index < -0.39 is 0 Å². The first-order chi connectivity index (χ1) is 21.9. The molecule has 2 heterocycles. The highest BCUT2D eigenvalue weighted by atomic mass is 16.5. The van der Waals surface area contributed by atoms with Gasteiger partial charge >= 0.3 is 0 Å². The second-order valence-electron chi connectivity index (χ2n) is 12.5. The Balaban J connectivity index is 1.59. The molecule has 0 saturated carbocycles.